The van der Waals surface area contributed by atoms with E-state index in [0.29, 0.717) is 54.1 Å². The molecule has 34 heavy (non-hydrogen) atoms. The number of hydrogen-bond acceptors (Lipinski definition) is 4. The second-order valence-electron chi connectivity index (χ2n) is 8.84. The maximum absolute atomic E-state index is 12.9. The Kier molecular flexibility index (Phi) is 6.00. The van der Waals surface area contributed by atoms with Crippen molar-refractivity contribution in [2.24, 2.45) is 7.05 Å². The zero-order chi connectivity index (χ0) is 23.8. The number of carbonyl (C=O) groups excluding carboxylic acids is 1. The number of fused-ring (bicyclic) bond motifs is 2. The van der Waals surface area contributed by atoms with Crippen LogP contribution in [0, 0.1) is 0 Å². The van der Waals surface area contributed by atoms with E-state index in [4.69, 9.17) is 11.6 Å². The van der Waals surface area contributed by atoms with Crippen molar-refractivity contribution < 1.29 is 4.79 Å². The number of carbonyl (C=O) groups is 1. The number of amides is 1. The van der Waals surface area contributed by atoms with Crippen molar-refractivity contribution in [2.45, 2.75) is 38.1 Å². The molecule has 3 heterocycles. The fourth-order valence-corrected chi connectivity index (χ4v) is 5.05. The van der Waals surface area contributed by atoms with Gasteiger partial charge in [0.2, 0.25) is 5.91 Å². The van der Waals surface area contributed by atoms with Crippen LogP contribution < -0.4 is 11.2 Å². The van der Waals surface area contributed by atoms with Crippen molar-refractivity contribution in [3.63, 3.8) is 0 Å². The highest BCUT2D eigenvalue weighted by molar-refractivity contribution is 6.31. The minimum atomic E-state index is -0.153. The summed E-state index contributed by atoms with van der Waals surface area (Å²) in [5.41, 5.74) is 2.15. The highest BCUT2D eigenvalue weighted by atomic mass is 35.5. The van der Waals surface area contributed by atoms with Crippen molar-refractivity contribution in [1.29, 1.82) is 0 Å². The van der Waals surface area contributed by atoms with E-state index in [2.05, 4.69) is 9.97 Å². The lowest BCUT2D eigenvalue weighted by Crippen LogP contribution is -2.40. The maximum Gasteiger partial charge on any atom is 0.329 e. The number of piperidine rings is 1. The summed E-state index contributed by atoms with van der Waals surface area (Å²) in [6, 6.07) is 12.8. The lowest BCUT2D eigenvalue weighted by molar-refractivity contribution is -0.132. The van der Waals surface area contributed by atoms with E-state index in [1.807, 2.05) is 39.8 Å². The van der Waals surface area contributed by atoms with E-state index in [1.165, 1.54) is 0 Å². The quantitative estimate of drug-likeness (QED) is 0.474. The predicted molar refractivity (Wildman–Crippen MR) is 132 cm³/mol. The normalized spacial score (nSPS) is 14.8. The molecule has 4 aromatic rings. The fraction of sp³-hybridized carbons (Fsp3) is 0.360. The molecule has 1 amide bonds. The van der Waals surface area contributed by atoms with Crippen molar-refractivity contribution in [2.75, 3.05) is 13.1 Å². The number of nitrogens with one attached hydrogen (secondary N) is 1. The largest absolute Gasteiger partial charge is 0.343 e. The molecule has 8 nitrogen and oxygen atoms in total. The van der Waals surface area contributed by atoms with Gasteiger partial charge in [-0.25, -0.2) is 9.78 Å². The summed E-state index contributed by atoms with van der Waals surface area (Å²) in [6.45, 7) is 1.23. The van der Waals surface area contributed by atoms with Gasteiger partial charge in [-0.1, -0.05) is 23.7 Å². The number of nitrogens with zero attached hydrogens (tertiary/aromatic N) is 4. The molecule has 0 spiro atoms. The molecular weight excluding hydrogens is 454 g/mol. The first-order chi connectivity index (χ1) is 16.4. The lowest BCUT2D eigenvalue weighted by atomic mass is 10.0. The first kappa shape index (κ1) is 22.4. The first-order valence-electron chi connectivity index (χ1n) is 11.5. The van der Waals surface area contributed by atoms with Crippen LogP contribution in [0.3, 0.4) is 0 Å². The monoisotopic (exact) mass is 479 g/mol. The minimum Gasteiger partial charge on any atom is -0.343 e. The smallest absolute Gasteiger partial charge is 0.329 e. The molecule has 0 aliphatic carbocycles. The van der Waals surface area contributed by atoms with Crippen LogP contribution in [0.2, 0.25) is 5.02 Å². The van der Waals surface area contributed by atoms with Crippen molar-refractivity contribution in [3.05, 3.63) is 74.1 Å². The van der Waals surface area contributed by atoms with Crippen LogP contribution in [0.5, 0.6) is 0 Å². The molecule has 2 aromatic heterocycles. The van der Waals surface area contributed by atoms with Gasteiger partial charge in [0.15, 0.2) is 0 Å². The maximum atomic E-state index is 12.9. The summed E-state index contributed by atoms with van der Waals surface area (Å²) in [7, 11) is 1.76. The molecule has 1 aliphatic rings. The summed E-state index contributed by atoms with van der Waals surface area (Å²) in [4.78, 5) is 47.1. The average Bonchev–Trinajstić information content (AvgIpc) is 3.08. The third kappa shape index (κ3) is 4.14. The standard InChI is InChI=1S/C25H26ClN5O3/c1-29-21-15-16(26)9-10-20(21)31(25(29)34)17-11-13-30(14-12-17)23(32)8-4-7-22-27-19-6-3-2-5-18(19)24(33)28-22/h2-3,5-6,9-10,15,17H,4,7-8,11-14H2,1H3,(H,27,28,33). The molecule has 2 aromatic carbocycles. The number of aryl methyl sites for hydroxylation is 2. The Morgan fingerprint density at radius 1 is 1.12 bits per heavy atom. The summed E-state index contributed by atoms with van der Waals surface area (Å²) in [5.74, 6) is 0.698. The van der Waals surface area contributed by atoms with Crippen LogP contribution in [0.1, 0.15) is 37.5 Å². The van der Waals surface area contributed by atoms with Gasteiger partial charge >= 0.3 is 5.69 Å². The van der Waals surface area contributed by atoms with Gasteiger partial charge in [-0.15, -0.1) is 0 Å². The third-order valence-corrected chi connectivity index (χ3v) is 6.93. The van der Waals surface area contributed by atoms with Gasteiger partial charge in [0.25, 0.3) is 5.56 Å². The average molecular weight is 480 g/mol. The topological polar surface area (TPSA) is 93.0 Å². The molecule has 9 heteroatoms. The van der Waals surface area contributed by atoms with Crippen LogP contribution in [0.25, 0.3) is 21.9 Å². The number of likely N-dealkylation sites (tertiary alicyclic amines) is 1. The minimum absolute atomic E-state index is 0.0494. The number of aromatic amines is 1. The fourth-order valence-electron chi connectivity index (χ4n) is 4.88. The molecule has 1 fully saturated rings. The zero-order valence-electron chi connectivity index (χ0n) is 19.0. The second-order valence-corrected chi connectivity index (χ2v) is 9.28. The van der Waals surface area contributed by atoms with Crippen molar-refractivity contribution in [3.8, 4) is 0 Å². The summed E-state index contributed by atoms with van der Waals surface area (Å²) in [6.07, 6.45) is 3.01. The van der Waals surface area contributed by atoms with Gasteiger partial charge in [-0.3, -0.25) is 18.7 Å². The number of H-pyrrole nitrogens is 1. The number of para-hydroxylation sites is 1. The van der Waals surface area contributed by atoms with Crippen LogP contribution >= 0.6 is 11.6 Å². The van der Waals surface area contributed by atoms with Crippen LogP contribution in [-0.4, -0.2) is 43.0 Å². The number of aromatic nitrogens is 4. The van der Waals surface area contributed by atoms with Gasteiger partial charge < -0.3 is 9.88 Å². The van der Waals surface area contributed by atoms with Crippen molar-refractivity contribution in [1.82, 2.24) is 24.0 Å². The molecular formula is C25H26ClN5O3. The molecule has 176 valence electrons. The number of rotatable bonds is 5. The molecule has 0 unspecified atom stereocenters. The number of benzene rings is 2. The predicted octanol–water partition coefficient (Wildman–Crippen LogP) is 3.42. The zero-order valence-corrected chi connectivity index (χ0v) is 19.7. The molecule has 0 bridgehead atoms. The highest BCUT2D eigenvalue weighted by Gasteiger charge is 2.26. The van der Waals surface area contributed by atoms with Crippen LogP contribution in [-0.2, 0) is 18.3 Å². The Labute approximate surface area is 200 Å². The summed E-state index contributed by atoms with van der Waals surface area (Å²) in [5, 5.41) is 1.17. The molecule has 0 atom stereocenters. The van der Waals surface area contributed by atoms with Crippen LogP contribution in [0.15, 0.2) is 52.1 Å². The van der Waals surface area contributed by atoms with Crippen LogP contribution in [0.4, 0.5) is 0 Å². The first-order valence-corrected chi connectivity index (χ1v) is 11.9. The Balaban J connectivity index is 1.19. The number of imidazole rings is 1. The molecule has 1 N–H and O–H groups in total. The van der Waals surface area contributed by atoms with Gasteiger partial charge in [-0.2, -0.15) is 0 Å². The Hall–Kier alpha value is -3.39. The molecule has 1 saturated heterocycles. The Morgan fingerprint density at radius 3 is 2.68 bits per heavy atom. The van der Waals surface area contributed by atoms with Crippen molar-refractivity contribution >= 4 is 39.4 Å². The molecule has 5 rings (SSSR count). The highest BCUT2D eigenvalue weighted by Crippen LogP contribution is 2.27. The Bertz CT molecular complexity index is 1490. The summed E-state index contributed by atoms with van der Waals surface area (Å²) < 4.78 is 3.47. The molecule has 0 radical (unpaired) electrons. The SMILES string of the molecule is Cn1c(=O)n(C2CCN(C(=O)CCCc3nc4ccccc4c(=O)[nH]3)CC2)c2ccc(Cl)cc21. The lowest BCUT2D eigenvalue weighted by Gasteiger charge is -2.32. The van der Waals surface area contributed by atoms with E-state index in [1.54, 1.807) is 23.7 Å². The number of halogens is 1. The van der Waals surface area contributed by atoms with Gasteiger partial charge in [0.1, 0.15) is 5.82 Å². The van der Waals surface area contributed by atoms with Gasteiger partial charge in [-0.05, 0) is 49.6 Å². The second kappa shape index (κ2) is 9.10. The van der Waals surface area contributed by atoms with E-state index in [0.717, 1.165) is 23.9 Å². The van der Waals surface area contributed by atoms with E-state index in [-0.39, 0.29) is 23.2 Å². The van der Waals surface area contributed by atoms with E-state index in [9.17, 15) is 14.4 Å². The van der Waals surface area contributed by atoms with E-state index >= 15 is 0 Å². The molecule has 0 saturated carbocycles. The number of hydrogen-bond donors (Lipinski definition) is 1. The molecule has 1 aliphatic heterocycles. The third-order valence-electron chi connectivity index (χ3n) is 6.70. The van der Waals surface area contributed by atoms with Gasteiger partial charge in [0.05, 0.1) is 21.9 Å². The summed E-state index contributed by atoms with van der Waals surface area (Å²) >= 11 is 6.12. The Morgan fingerprint density at radius 2 is 1.88 bits per heavy atom. The van der Waals surface area contributed by atoms with E-state index < -0.39 is 0 Å². The van der Waals surface area contributed by atoms with Gasteiger partial charge in [0, 0.05) is 44.0 Å².